The number of morpholine rings is 1. The normalized spacial score (nSPS) is 23.0. The smallest absolute Gasteiger partial charge is 0.239 e. The van der Waals surface area contributed by atoms with Crippen molar-refractivity contribution < 1.29 is 18.7 Å². The van der Waals surface area contributed by atoms with Crippen LogP contribution in [-0.2, 0) is 14.3 Å². The fraction of sp³-hybridized carbons (Fsp3) is 0.474. The number of carbonyl (C=O) groups is 1. The van der Waals surface area contributed by atoms with Gasteiger partial charge in [-0.2, -0.15) is 5.10 Å². The second-order valence-electron chi connectivity index (χ2n) is 7.08. The molecule has 0 saturated carbocycles. The molecule has 0 bridgehead atoms. The summed E-state index contributed by atoms with van der Waals surface area (Å²) in [6.45, 7) is 5.15. The molecule has 144 valence electrons. The number of aryl methyl sites for hydroxylation is 1. The molecule has 8 heteroatoms. The number of carbonyl (C=O) groups excluding carboxylic acids is 1. The van der Waals surface area contributed by atoms with Gasteiger partial charge in [-0.15, -0.1) is 0 Å². The highest BCUT2D eigenvalue weighted by molar-refractivity contribution is 5.91. The van der Waals surface area contributed by atoms with E-state index in [1.165, 1.54) is 10.7 Å². The minimum atomic E-state index is -0.397. The van der Waals surface area contributed by atoms with Crippen LogP contribution in [0.25, 0.3) is 5.69 Å². The number of nitrogens with one attached hydrogen (secondary N) is 1. The van der Waals surface area contributed by atoms with E-state index in [2.05, 4.69) is 15.3 Å². The Balaban J connectivity index is 1.51. The van der Waals surface area contributed by atoms with Crippen molar-refractivity contribution in [3.63, 3.8) is 0 Å². The highest BCUT2D eigenvalue weighted by atomic mass is 19.1. The molecule has 1 atom stereocenters. The molecule has 1 aromatic carbocycles. The molecular weight excluding hydrogens is 351 g/mol. The SMILES string of the molecule is Cc1cc(NC(=O)CN2CCOCC23CCOC3)n(-c2ccccc2F)n1. The fourth-order valence-corrected chi connectivity index (χ4v) is 3.72. The Morgan fingerprint density at radius 3 is 2.85 bits per heavy atom. The second-order valence-corrected chi connectivity index (χ2v) is 7.08. The largest absolute Gasteiger partial charge is 0.379 e. The third kappa shape index (κ3) is 3.60. The minimum Gasteiger partial charge on any atom is -0.379 e. The Kier molecular flexibility index (Phi) is 4.94. The summed E-state index contributed by atoms with van der Waals surface area (Å²) in [5, 5.41) is 7.20. The van der Waals surface area contributed by atoms with Gasteiger partial charge in [0.1, 0.15) is 17.3 Å². The van der Waals surface area contributed by atoms with Crippen molar-refractivity contribution >= 4 is 11.7 Å². The lowest BCUT2D eigenvalue weighted by Crippen LogP contribution is -2.59. The number of amides is 1. The van der Waals surface area contributed by atoms with Gasteiger partial charge in [-0.25, -0.2) is 9.07 Å². The summed E-state index contributed by atoms with van der Waals surface area (Å²) >= 11 is 0. The van der Waals surface area contributed by atoms with E-state index in [1.54, 1.807) is 31.2 Å². The first-order valence-electron chi connectivity index (χ1n) is 9.09. The quantitative estimate of drug-likeness (QED) is 0.883. The number of rotatable bonds is 4. The van der Waals surface area contributed by atoms with E-state index in [4.69, 9.17) is 9.47 Å². The zero-order chi connectivity index (χ0) is 18.9. The summed E-state index contributed by atoms with van der Waals surface area (Å²) in [4.78, 5) is 14.9. The number of anilines is 1. The van der Waals surface area contributed by atoms with E-state index in [9.17, 15) is 9.18 Å². The average Bonchev–Trinajstić information content (AvgIpc) is 3.25. The molecule has 4 rings (SSSR count). The molecule has 2 saturated heterocycles. The maximum absolute atomic E-state index is 14.2. The van der Waals surface area contributed by atoms with Crippen molar-refractivity contribution in [1.82, 2.24) is 14.7 Å². The zero-order valence-corrected chi connectivity index (χ0v) is 15.3. The summed E-state index contributed by atoms with van der Waals surface area (Å²) in [6, 6.07) is 8.09. The highest BCUT2D eigenvalue weighted by Crippen LogP contribution is 2.29. The number of aromatic nitrogens is 2. The first kappa shape index (κ1) is 18.1. The van der Waals surface area contributed by atoms with Gasteiger partial charge in [0.05, 0.1) is 37.6 Å². The van der Waals surface area contributed by atoms with Crippen LogP contribution in [0.1, 0.15) is 12.1 Å². The van der Waals surface area contributed by atoms with Gasteiger partial charge < -0.3 is 14.8 Å². The van der Waals surface area contributed by atoms with E-state index in [0.717, 1.165) is 6.42 Å². The molecule has 1 amide bonds. The number of nitrogens with zero attached hydrogens (tertiary/aromatic N) is 3. The predicted molar refractivity (Wildman–Crippen MR) is 97.4 cm³/mol. The van der Waals surface area contributed by atoms with Crippen LogP contribution in [0.5, 0.6) is 0 Å². The lowest BCUT2D eigenvalue weighted by Gasteiger charge is -2.43. The lowest BCUT2D eigenvalue weighted by atomic mass is 9.96. The van der Waals surface area contributed by atoms with E-state index >= 15 is 0 Å². The van der Waals surface area contributed by atoms with E-state index in [1.807, 2.05) is 0 Å². The van der Waals surface area contributed by atoms with Crippen LogP contribution < -0.4 is 5.32 Å². The molecule has 3 heterocycles. The maximum atomic E-state index is 14.2. The van der Waals surface area contributed by atoms with Crippen LogP contribution in [0, 0.1) is 12.7 Å². The number of hydrogen-bond acceptors (Lipinski definition) is 5. The monoisotopic (exact) mass is 374 g/mol. The van der Waals surface area contributed by atoms with E-state index < -0.39 is 5.82 Å². The Bertz CT molecular complexity index is 832. The van der Waals surface area contributed by atoms with Crippen LogP contribution in [0.15, 0.2) is 30.3 Å². The Labute approximate surface area is 157 Å². The summed E-state index contributed by atoms with van der Waals surface area (Å²) < 4.78 is 26.8. The summed E-state index contributed by atoms with van der Waals surface area (Å²) in [7, 11) is 0. The third-order valence-electron chi connectivity index (χ3n) is 5.14. The van der Waals surface area contributed by atoms with Gasteiger partial charge in [0, 0.05) is 19.2 Å². The molecule has 0 aliphatic carbocycles. The molecule has 2 aromatic rings. The summed E-state index contributed by atoms with van der Waals surface area (Å²) in [6.07, 6.45) is 0.854. The number of para-hydroxylation sites is 1. The van der Waals surface area contributed by atoms with Crippen LogP contribution in [0.2, 0.25) is 0 Å². The Morgan fingerprint density at radius 2 is 2.07 bits per heavy atom. The molecule has 27 heavy (non-hydrogen) atoms. The Morgan fingerprint density at radius 1 is 1.30 bits per heavy atom. The first-order valence-corrected chi connectivity index (χ1v) is 9.09. The van der Waals surface area contributed by atoms with Gasteiger partial charge >= 0.3 is 0 Å². The van der Waals surface area contributed by atoms with Crippen LogP contribution in [-0.4, -0.2) is 65.6 Å². The molecular formula is C19H23FN4O3. The van der Waals surface area contributed by atoms with E-state index in [0.29, 0.717) is 50.2 Å². The first-order chi connectivity index (χ1) is 13.1. The topological polar surface area (TPSA) is 68.6 Å². The number of ether oxygens (including phenoxy) is 2. The molecule has 1 unspecified atom stereocenters. The van der Waals surface area contributed by atoms with Crippen molar-refractivity contribution in [2.75, 3.05) is 44.8 Å². The van der Waals surface area contributed by atoms with E-state index in [-0.39, 0.29) is 18.0 Å². The minimum absolute atomic E-state index is 0.166. The van der Waals surface area contributed by atoms with Crippen LogP contribution >= 0.6 is 0 Å². The molecule has 0 radical (unpaired) electrons. The molecule has 2 fully saturated rings. The van der Waals surface area contributed by atoms with Gasteiger partial charge in [0.25, 0.3) is 0 Å². The van der Waals surface area contributed by atoms with Crippen molar-refractivity contribution in [2.45, 2.75) is 18.9 Å². The number of benzene rings is 1. The van der Waals surface area contributed by atoms with Gasteiger partial charge in [0.15, 0.2) is 0 Å². The van der Waals surface area contributed by atoms with Crippen molar-refractivity contribution in [3.05, 3.63) is 41.8 Å². The van der Waals surface area contributed by atoms with Crippen LogP contribution in [0.3, 0.4) is 0 Å². The van der Waals surface area contributed by atoms with Crippen molar-refractivity contribution in [3.8, 4) is 5.69 Å². The van der Waals surface area contributed by atoms with Gasteiger partial charge in [0.2, 0.25) is 5.91 Å². The molecule has 2 aliphatic rings. The molecule has 2 aliphatic heterocycles. The maximum Gasteiger partial charge on any atom is 0.239 e. The zero-order valence-electron chi connectivity index (χ0n) is 15.3. The second kappa shape index (κ2) is 7.38. The van der Waals surface area contributed by atoms with Crippen molar-refractivity contribution in [1.29, 1.82) is 0 Å². The molecule has 1 spiro atoms. The third-order valence-corrected chi connectivity index (χ3v) is 5.14. The number of halogens is 1. The Hall–Kier alpha value is -2.29. The van der Waals surface area contributed by atoms with Gasteiger partial charge in [-0.3, -0.25) is 9.69 Å². The van der Waals surface area contributed by atoms with Gasteiger partial charge in [-0.1, -0.05) is 12.1 Å². The van der Waals surface area contributed by atoms with Gasteiger partial charge in [-0.05, 0) is 25.5 Å². The fourth-order valence-electron chi connectivity index (χ4n) is 3.72. The van der Waals surface area contributed by atoms with Crippen LogP contribution in [0.4, 0.5) is 10.2 Å². The molecule has 1 aromatic heterocycles. The highest BCUT2D eigenvalue weighted by Gasteiger charge is 2.43. The van der Waals surface area contributed by atoms with Crippen molar-refractivity contribution in [2.24, 2.45) is 0 Å². The average molecular weight is 374 g/mol. The number of hydrogen-bond donors (Lipinski definition) is 1. The summed E-state index contributed by atoms with van der Waals surface area (Å²) in [5.41, 5.74) is 0.769. The molecule has 1 N–H and O–H groups in total. The predicted octanol–water partition coefficient (Wildman–Crippen LogP) is 1.75. The summed E-state index contributed by atoms with van der Waals surface area (Å²) in [5.74, 6) is -0.111. The molecule has 7 nitrogen and oxygen atoms in total. The standard InChI is InChI=1S/C19H23FN4O3/c1-14-10-17(24(22-14)16-5-3-2-4-15(16)20)21-18(25)11-23-7-9-27-13-19(23)6-8-26-12-19/h2-5,10H,6-9,11-13H2,1H3,(H,21,25). The lowest BCUT2D eigenvalue weighted by molar-refractivity contribution is -0.124.